The van der Waals surface area contributed by atoms with Gasteiger partial charge in [0.1, 0.15) is 5.82 Å². The fourth-order valence-electron chi connectivity index (χ4n) is 3.78. The van der Waals surface area contributed by atoms with Gasteiger partial charge >= 0.3 is 0 Å². The highest BCUT2D eigenvalue weighted by molar-refractivity contribution is 6.05. The molecule has 26 heavy (non-hydrogen) atoms. The fourth-order valence-corrected chi connectivity index (χ4v) is 3.78. The number of aliphatic hydroxyl groups excluding tert-OH is 1. The van der Waals surface area contributed by atoms with Crippen LogP contribution in [0.4, 0.5) is 4.39 Å². The monoisotopic (exact) mass is 353 g/mol. The lowest BCUT2D eigenvalue weighted by molar-refractivity contribution is -0.131. The molecule has 2 aliphatic rings. The molecular weight excluding hydrogens is 333 g/mol. The zero-order chi connectivity index (χ0) is 18.1. The molecular formula is C21H20FNO3. The first-order chi connectivity index (χ1) is 12.7. The molecule has 2 heterocycles. The van der Waals surface area contributed by atoms with E-state index in [2.05, 4.69) is 0 Å². The van der Waals surface area contributed by atoms with Crippen LogP contribution in [0.2, 0.25) is 0 Å². The highest BCUT2D eigenvalue weighted by Gasteiger charge is 2.43. The summed E-state index contributed by atoms with van der Waals surface area (Å²) in [6, 6.07) is 14.9. The molecule has 2 aromatic carbocycles. The van der Waals surface area contributed by atoms with E-state index in [-0.39, 0.29) is 11.9 Å². The van der Waals surface area contributed by atoms with Crippen LogP contribution < -0.4 is 0 Å². The lowest BCUT2D eigenvalue weighted by Gasteiger charge is -2.29. The van der Waals surface area contributed by atoms with E-state index in [4.69, 9.17) is 4.74 Å². The van der Waals surface area contributed by atoms with Crippen molar-refractivity contribution in [2.24, 2.45) is 0 Å². The predicted octanol–water partition coefficient (Wildman–Crippen LogP) is 3.86. The molecule has 0 aromatic heterocycles. The van der Waals surface area contributed by atoms with Gasteiger partial charge < -0.3 is 14.7 Å². The first kappa shape index (κ1) is 16.8. The zero-order valence-electron chi connectivity index (χ0n) is 14.3. The van der Waals surface area contributed by atoms with Gasteiger partial charge in [0.15, 0.2) is 5.76 Å². The average molecular weight is 353 g/mol. The molecule has 4 rings (SSSR count). The number of ether oxygens (including phenoxy) is 1. The van der Waals surface area contributed by atoms with Crippen molar-refractivity contribution in [3.63, 3.8) is 0 Å². The van der Waals surface area contributed by atoms with E-state index < -0.39 is 17.8 Å². The Hall–Kier alpha value is -2.66. The Labute approximate surface area is 151 Å². The van der Waals surface area contributed by atoms with E-state index >= 15 is 0 Å². The standard InChI is InChI=1S/C21H20FNO3/c22-17-11-5-4-10-16(17)19-18(14-7-2-1-3-8-14)20(24)21(25)23(19)13-15-9-6-12-26-15/h1-5,7-8,10-11,15,19,24H,6,9,12-13H2/t15-,19+/m1/s1. The molecule has 4 nitrogen and oxygen atoms in total. The average Bonchev–Trinajstić information content (AvgIpc) is 3.25. The molecule has 134 valence electrons. The fraction of sp³-hybridized carbons (Fsp3) is 0.286. The molecule has 2 aromatic rings. The third kappa shape index (κ3) is 2.88. The number of carbonyl (C=O) groups excluding carboxylic acids is 1. The molecule has 0 unspecified atom stereocenters. The van der Waals surface area contributed by atoms with E-state index in [1.165, 1.54) is 11.0 Å². The molecule has 0 spiro atoms. The van der Waals surface area contributed by atoms with Crippen LogP contribution >= 0.6 is 0 Å². The lowest BCUT2D eigenvalue weighted by atomic mass is 9.93. The van der Waals surface area contributed by atoms with Gasteiger partial charge in [-0.25, -0.2) is 4.39 Å². The van der Waals surface area contributed by atoms with Crippen LogP contribution in [0.25, 0.3) is 5.57 Å². The van der Waals surface area contributed by atoms with Gasteiger partial charge in [-0.2, -0.15) is 0 Å². The minimum atomic E-state index is -0.671. The second-order valence-electron chi connectivity index (χ2n) is 6.64. The summed E-state index contributed by atoms with van der Waals surface area (Å²) in [6.45, 7) is 1.00. The summed E-state index contributed by atoms with van der Waals surface area (Å²) in [5, 5.41) is 10.6. The van der Waals surface area contributed by atoms with Crippen molar-refractivity contribution in [3.05, 3.63) is 77.3 Å². The Morgan fingerprint density at radius 3 is 2.54 bits per heavy atom. The second kappa shape index (κ2) is 6.92. The molecule has 0 aliphatic carbocycles. The highest BCUT2D eigenvalue weighted by Crippen LogP contribution is 2.44. The maximum Gasteiger partial charge on any atom is 0.289 e. The Balaban J connectivity index is 1.80. The Morgan fingerprint density at radius 1 is 1.12 bits per heavy atom. The van der Waals surface area contributed by atoms with Crippen LogP contribution in [0.15, 0.2) is 60.4 Å². The maximum atomic E-state index is 14.6. The summed E-state index contributed by atoms with van der Waals surface area (Å²) < 4.78 is 20.3. The van der Waals surface area contributed by atoms with E-state index in [1.807, 2.05) is 30.3 Å². The molecule has 1 amide bonds. The second-order valence-corrected chi connectivity index (χ2v) is 6.64. The summed E-state index contributed by atoms with van der Waals surface area (Å²) in [5.74, 6) is -1.19. The zero-order valence-corrected chi connectivity index (χ0v) is 14.3. The summed E-state index contributed by atoms with van der Waals surface area (Å²) in [4.78, 5) is 14.3. The normalized spacial score (nSPS) is 23.1. The number of hydrogen-bond acceptors (Lipinski definition) is 3. The van der Waals surface area contributed by atoms with Crippen molar-refractivity contribution in [1.82, 2.24) is 4.90 Å². The number of rotatable bonds is 4. The van der Waals surface area contributed by atoms with Crippen LogP contribution in [0.5, 0.6) is 0 Å². The van der Waals surface area contributed by atoms with Crippen LogP contribution in [-0.2, 0) is 9.53 Å². The Morgan fingerprint density at radius 2 is 1.85 bits per heavy atom. The SMILES string of the molecule is O=C1C(O)=C(c2ccccc2)[C@H](c2ccccc2F)N1C[C@H]1CCCO1. The van der Waals surface area contributed by atoms with Gasteiger partial charge in [0, 0.05) is 24.3 Å². The van der Waals surface area contributed by atoms with Crippen molar-refractivity contribution in [2.75, 3.05) is 13.2 Å². The molecule has 0 bridgehead atoms. The van der Waals surface area contributed by atoms with Crippen LogP contribution in [0, 0.1) is 5.82 Å². The first-order valence-corrected chi connectivity index (χ1v) is 8.82. The lowest BCUT2D eigenvalue weighted by Crippen LogP contribution is -2.37. The van der Waals surface area contributed by atoms with Gasteiger partial charge in [0.2, 0.25) is 0 Å². The Bertz CT molecular complexity index is 843. The molecule has 2 aliphatic heterocycles. The quantitative estimate of drug-likeness (QED) is 0.908. The third-order valence-electron chi connectivity index (χ3n) is 5.01. The molecule has 1 saturated heterocycles. The minimum absolute atomic E-state index is 0.0869. The van der Waals surface area contributed by atoms with Gasteiger partial charge in [0.05, 0.1) is 12.1 Å². The topological polar surface area (TPSA) is 49.8 Å². The molecule has 1 N–H and O–H groups in total. The largest absolute Gasteiger partial charge is 0.503 e. The highest BCUT2D eigenvalue weighted by atomic mass is 19.1. The van der Waals surface area contributed by atoms with E-state index in [0.29, 0.717) is 29.9 Å². The van der Waals surface area contributed by atoms with Gasteiger partial charge in [-0.1, -0.05) is 48.5 Å². The van der Waals surface area contributed by atoms with Crippen molar-refractivity contribution < 1.29 is 19.0 Å². The van der Waals surface area contributed by atoms with E-state index in [0.717, 1.165) is 12.8 Å². The maximum absolute atomic E-state index is 14.6. The Kier molecular flexibility index (Phi) is 4.47. The molecule has 2 atom stereocenters. The van der Waals surface area contributed by atoms with E-state index in [9.17, 15) is 14.3 Å². The van der Waals surface area contributed by atoms with Crippen molar-refractivity contribution in [2.45, 2.75) is 25.0 Å². The smallest absolute Gasteiger partial charge is 0.289 e. The minimum Gasteiger partial charge on any atom is -0.503 e. The van der Waals surface area contributed by atoms with E-state index in [1.54, 1.807) is 18.2 Å². The first-order valence-electron chi connectivity index (χ1n) is 8.82. The molecule has 0 radical (unpaired) electrons. The number of nitrogens with zero attached hydrogens (tertiary/aromatic N) is 1. The molecule has 1 fully saturated rings. The van der Waals surface area contributed by atoms with Crippen molar-refractivity contribution in [3.8, 4) is 0 Å². The molecule has 0 saturated carbocycles. The van der Waals surface area contributed by atoms with Gasteiger partial charge in [-0.05, 0) is 24.5 Å². The van der Waals surface area contributed by atoms with Gasteiger partial charge in [-0.3, -0.25) is 4.79 Å². The summed E-state index contributed by atoms with van der Waals surface area (Å²) in [7, 11) is 0. The number of halogens is 1. The predicted molar refractivity (Wildman–Crippen MR) is 95.8 cm³/mol. The van der Waals surface area contributed by atoms with Crippen LogP contribution in [-0.4, -0.2) is 35.2 Å². The van der Waals surface area contributed by atoms with Gasteiger partial charge in [-0.15, -0.1) is 0 Å². The van der Waals surface area contributed by atoms with Crippen LogP contribution in [0.1, 0.15) is 30.0 Å². The number of benzene rings is 2. The number of hydrogen-bond donors (Lipinski definition) is 1. The summed E-state index contributed by atoms with van der Waals surface area (Å²) in [5.41, 5.74) is 1.53. The van der Waals surface area contributed by atoms with Crippen molar-refractivity contribution in [1.29, 1.82) is 0 Å². The molecule has 5 heteroatoms. The number of carbonyl (C=O) groups is 1. The number of amides is 1. The number of aliphatic hydroxyl groups is 1. The van der Waals surface area contributed by atoms with Crippen molar-refractivity contribution >= 4 is 11.5 Å². The third-order valence-corrected chi connectivity index (χ3v) is 5.01. The van der Waals surface area contributed by atoms with Gasteiger partial charge in [0.25, 0.3) is 5.91 Å². The summed E-state index contributed by atoms with van der Waals surface area (Å²) in [6.07, 6.45) is 1.72. The van der Waals surface area contributed by atoms with Crippen LogP contribution in [0.3, 0.4) is 0 Å². The summed E-state index contributed by atoms with van der Waals surface area (Å²) >= 11 is 0.